The summed E-state index contributed by atoms with van der Waals surface area (Å²) in [5.41, 5.74) is 3.79. The molecule has 0 fully saturated rings. The number of aromatic amines is 1. The fourth-order valence-corrected chi connectivity index (χ4v) is 4.79. The predicted octanol–water partition coefficient (Wildman–Crippen LogP) is 7.51. The number of hydrogen-bond acceptors (Lipinski definition) is 5. The van der Waals surface area contributed by atoms with Gasteiger partial charge in [-0.05, 0) is 62.2 Å². The summed E-state index contributed by atoms with van der Waals surface area (Å²) < 4.78 is 5.52. The normalized spacial score (nSPS) is 12.2. The van der Waals surface area contributed by atoms with Crippen molar-refractivity contribution in [1.29, 1.82) is 0 Å². The number of rotatable bonds is 8. The maximum absolute atomic E-state index is 13.6. The summed E-state index contributed by atoms with van der Waals surface area (Å²) in [6.45, 7) is 5.31. The van der Waals surface area contributed by atoms with Crippen molar-refractivity contribution in [3.8, 4) is 0 Å². The molecule has 0 aliphatic rings. The number of carbonyl (C=O) groups excluding carboxylic acids is 3. The van der Waals surface area contributed by atoms with Crippen LogP contribution < -0.4 is 5.32 Å². The van der Waals surface area contributed by atoms with Gasteiger partial charge in [0.05, 0.1) is 11.2 Å². The Balaban J connectivity index is 1.35. The number of aromatic nitrogens is 2. The van der Waals surface area contributed by atoms with Crippen LogP contribution in [0.4, 0.5) is 10.5 Å². The van der Waals surface area contributed by atoms with Crippen LogP contribution in [0.1, 0.15) is 59.6 Å². The van der Waals surface area contributed by atoms with E-state index in [0.717, 1.165) is 22.2 Å². The molecule has 1 unspecified atom stereocenters. The zero-order valence-electron chi connectivity index (χ0n) is 25.1. The molecule has 2 amide bonds. The zero-order valence-corrected chi connectivity index (χ0v) is 25.1. The largest absolute Gasteiger partial charge is 0.444 e. The first kappa shape index (κ1) is 30.0. The van der Waals surface area contributed by atoms with Crippen LogP contribution in [0, 0.1) is 0 Å². The zero-order chi connectivity index (χ0) is 31.3. The number of nitrogens with one attached hydrogen (secondary N) is 2. The molecule has 4 aromatic carbocycles. The molecule has 1 atom stereocenters. The Bertz CT molecular complexity index is 1820. The van der Waals surface area contributed by atoms with Crippen LogP contribution in [-0.2, 0) is 9.53 Å². The first-order valence-electron chi connectivity index (χ1n) is 14.3. The highest BCUT2D eigenvalue weighted by Crippen LogP contribution is 2.26. The highest BCUT2D eigenvalue weighted by molar-refractivity contribution is 6.11. The van der Waals surface area contributed by atoms with Gasteiger partial charge < -0.3 is 10.1 Å². The molecule has 1 heterocycles. The highest BCUT2D eigenvalue weighted by atomic mass is 16.6. The molecule has 0 spiro atoms. The first-order chi connectivity index (χ1) is 21.1. The molecule has 0 aliphatic carbocycles. The second kappa shape index (κ2) is 12.8. The molecular weight excluding hydrogens is 552 g/mol. The van der Waals surface area contributed by atoms with E-state index in [4.69, 9.17) is 4.74 Å². The molecule has 1 aromatic heterocycles. The second-order valence-electron chi connectivity index (χ2n) is 11.4. The lowest BCUT2D eigenvalue weighted by Gasteiger charge is -2.30. The average molecular weight is 587 g/mol. The van der Waals surface area contributed by atoms with Crippen LogP contribution in [0.15, 0.2) is 103 Å². The van der Waals surface area contributed by atoms with Crippen molar-refractivity contribution in [1.82, 2.24) is 15.1 Å². The number of H-pyrrole nitrogens is 1. The smallest absolute Gasteiger partial charge is 0.410 e. The summed E-state index contributed by atoms with van der Waals surface area (Å²) in [7, 11) is 1.53. The Kier molecular flexibility index (Phi) is 8.71. The van der Waals surface area contributed by atoms with E-state index in [2.05, 4.69) is 15.5 Å². The maximum atomic E-state index is 13.6. The number of fused-ring (bicyclic) bond motifs is 1. The molecule has 222 valence electrons. The van der Waals surface area contributed by atoms with Crippen molar-refractivity contribution in [3.05, 3.63) is 131 Å². The molecule has 5 rings (SSSR count). The van der Waals surface area contributed by atoms with Gasteiger partial charge in [-0.15, -0.1) is 0 Å². The number of likely N-dealkylation sites (N-methyl/N-ethyl adjacent to an activating group) is 1. The van der Waals surface area contributed by atoms with Crippen molar-refractivity contribution >= 4 is 46.5 Å². The molecule has 0 aliphatic heterocycles. The van der Waals surface area contributed by atoms with Crippen LogP contribution in [0.2, 0.25) is 0 Å². The van der Waals surface area contributed by atoms with Crippen molar-refractivity contribution in [3.63, 3.8) is 0 Å². The van der Waals surface area contributed by atoms with Crippen molar-refractivity contribution < 1.29 is 19.1 Å². The molecule has 2 N–H and O–H groups in total. The van der Waals surface area contributed by atoms with Gasteiger partial charge in [-0.25, -0.2) is 4.79 Å². The van der Waals surface area contributed by atoms with Gasteiger partial charge in [0.2, 0.25) is 0 Å². The van der Waals surface area contributed by atoms with Crippen molar-refractivity contribution in [2.24, 2.45) is 0 Å². The molecule has 0 radical (unpaired) electrons. The fraction of sp³-hybridized carbons (Fsp3) is 0.167. The summed E-state index contributed by atoms with van der Waals surface area (Å²) in [5, 5.41) is 11.2. The minimum atomic E-state index is -0.960. The van der Waals surface area contributed by atoms with E-state index in [1.54, 1.807) is 81.4 Å². The molecule has 0 saturated heterocycles. The van der Waals surface area contributed by atoms with E-state index in [-0.39, 0.29) is 5.78 Å². The van der Waals surface area contributed by atoms with Crippen molar-refractivity contribution in [2.45, 2.75) is 32.4 Å². The Labute approximate surface area is 256 Å². The van der Waals surface area contributed by atoms with E-state index in [0.29, 0.717) is 22.4 Å². The number of anilines is 1. The lowest BCUT2D eigenvalue weighted by molar-refractivity contribution is -0.121. The number of hydrogen-bond donors (Lipinski definition) is 2. The quantitative estimate of drug-likeness (QED) is 0.183. The predicted molar refractivity (Wildman–Crippen MR) is 173 cm³/mol. The summed E-state index contributed by atoms with van der Waals surface area (Å²) in [6, 6.07) is 30.1. The molecule has 44 heavy (non-hydrogen) atoms. The minimum absolute atomic E-state index is 0.204. The van der Waals surface area contributed by atoms with Crippen LogP contribution in [-0.4, -0.2) is 45.5 Å². The van der Waals surface area contributed by atoms with Gasteiger partial charge in [-0.1, -0.05) is 84.9 Å². The Hall–Kier alpha value is -5.50. The second-order valence-corrected chi connectivity index (χ2v) is 11.4. The summed E-state index contributed by atoms with van der Waals surface area (Å²) >= 11 is 0. The number of carbonyl (C=O) groups is 3. The lowest BCUT2D eigenvalue weighted by Crippen LogP contribution is -2.41. The summed E-state index contributed by atoms with van der Waals surface area (Å²) in [5.74, 6) is -0.645. The monoisotopic (exact) mass is 586 g/mol. The topological polar surface area (TPSA) is 104 Å². The SMILES string of the molecule is CN(C(=O)OC(C)(C)C)C(C(=O)Nc1cccc(C(=O)c2ccc3c(C=Cc4ccccc4)n[nH]c3c2)c1)c1ccccc1. The Morgan fingerprint density at radius 1 is 0.841 bits per heavy atom. The highest BCUT2D eigenvalue weighted by Gasteiger charge is 2.31. The van der Waals surface area contributed by atoms with Gasteiger partial charge >= 0.3 is 6.09 Å². The summed E-state index contributed by atoms with van der Waals surface area (Å²) in [6.07, 6.45) is 3.30. The van der Waals surface area contributed by atoms with Gasteiger partial charge in [0, 0.05) is 29.2 Å². The Morgan fingerprint density at radius 3 is 2.23 bits per heavy atom. The van der Waals surface area contributed by atoms with Gasteiger partial charge in [0.25, 0.3) is 5.91 Å². The third-order valence-electron chi connectivity index (χ3n) is 6.91. The van der Waals surface area contributed by atoms with Gasteiger partial charge in [-0.3, -0.25) is 19.6 Å². The molecule has 5 aromatic rings. The van der Waals surface area contributed by atoms with E-state index in [1.807, 2.05) is 54.6 Å². The molecule has 8 heteroatoms. The maximum Gasteiger partial charge on any atom is 0.410 e. The van der Waals surface area contributed by atoms with Crippen LogP contribution in [0.3, 0.4) is 0 Å². The number of ether oxygens (including phenoxy) is 1. The standard InChI is InChI=1S/C36H34N4O4/c1-36(2,3)44-35(43)40(4)32(25-14-9-6-10-15-25)34(42)37-28-17-11-16-26(22-28)33(41)27-19-20-29-30(38-39-31(29)23-27)21-18-24-12-7-5-8-13-24/h5-23,32H,1-4H3,(H,37,42)(H,38,39). The summed E-state index contributed by atoms with van der Waals surface area (Å²) in [4.78, 5) is 41.3. The number of nitrogens with zero attached hydrogens (tertiary/aromatic N) is 2. The first-order valence-corrected chi connectivity index (χ1v) is 14.3. The average Bonchev–Trinajstić information content (AvgIpc) is 3.42. The third kappa shape index (κ3) is 7.10. The van der Waals surface area contributed by atoms with Gasteiger partial charge in [-0.2, -0.15) is 5.10 Å². The number of amides is 2. The molecule has 0 bridgehead atoms. The van der Waals surface area contributed by atoms with Crippen molar-refractivity contribution in [2.75, 3.05) is 12.4 Å². The molecule has 0 saturated carbocycles. The van der Waals surface area contributed by atoms with Crippen LogP contribution in [0.5, 0.6) is 0 Å². The molecule has 8 nitrogen and oxygen atoms in total. The van der Waals surface area contributed by atoms with E-state index in [9.17, 15) is 14.4 Å². The molecular formula is C36H34N4O4. The third-order valence-corrected chi connectivity index (χ3v) is 6.91. The minimum Gasteiger partial charge on any atom is -0.444 e. The number of benzene rings is 4. The van der Waals surface area contributed by atoms with Gasteiger partial charge in [0.1, 0.15) is 11.6 Å². The lowest BCUT2D eigenvalue weighted by atomic mass is 10.0. The van der Waals surface area contributed by atoms with E-state index >= 15 is 0 Å². The fourth-order valence-electron chi connectivity index (χ4n) is 4.79. The van der Waals surface area contributed by atoms with Crippen LogP contribution in [0.25, 0.3) is 23.1 Å². The van der Waals surface area contributed by atoms with E-state index < -0.39 is 23.6 Å². The van der Waals surface area contributed by atoms with E-state index in [1.165, 1.54) is 11.9 Å². The number of ketones is 1. The Morgan fingerprint density at radius 2 is 1.52 bits per heavy atom. The van der Waals surface area contributed by atoms with Gasteiger partial charge in [0.15, 0.2) is 5.78 Å². The van der Waals surface area contributed by atoms with Crippen LogP contribution >= 0.6 is 0 Å².